The second kappa shape index (κ2) is 9.67. The smallest absolute Gasteiger partial charge is 0.320 e. The molecule has 172 valence electrons. The van der Waals surface area contributed by atoms with Crippen LogP contribution in [0.1, 0.15) is 25.5 Å². The highest BCUT2D eigenvalue weighted by atomic mass is 16.6. The van der Waals surface area contributed by atoms with E-state index in [1.54, 1.807) is 0 Å². The number of fused-ring (bicyclic) bond motifs is 1. The number of aliphatic hydroxyl groups excluding tert-OH is 2. The fourth-order valence-corrected chi connectivity index (χ4v) is 3.47. The Bertz CT molecular complexity index is 909. The Labute approximate surface area is 177 Å². The van der Waals surface area contributed by atoms with Crippen molar-refractivity contribution in [3.05, 3.63) is 6.33 Å². The second-order valence-electron chi connectivity index (χ2n) is 7.54. The van der Waals surface area contributed by atoms with Gasteiger partial charge in [0.15, 0.2) is 17.7 Å². The van der Waals surface area contributed by atoms with E-state index < -0.39 is 42.6 Å². The summed E-state index contributed by atoms with van der Waals surface area (Å²) in [7, 11) is 0. The van der Waals surface area contributed by atoms with E-state index in [4.69, 9.17) is 32.8 Å². The summed E-state index contributed by atoms with van der Waals surface area (Å²) in [5.74, 6) is -0.711. The fourth-order valence-electron chi connectivity index (χ4n) is 3.47. The van der Waals surface area contributed by atoms with Crippen molar-refractivity contribution in [2.45, 2.75) is 55.9 Å². The summed E-state index contributed by atoms with van der Waals surface area (Å²) in [5.41, 5.74) is 23.6. The molecule has 14 nitrogen and oxygen atoms in total. The minimum Gasteiger partial charge on any atom is -0.480 e. The first kappa shape index (κ1) is 23.1. The van der Waals surface area contributed by atoms with Gasteiger partial charge in [0, 0.05) is 19.1 Å². The monoisotopic (exact) mass is 439 g/mol. The van der Waals surface area contributed by atoms with Gasteiger partial charge in [-0.1, -0.05) is 0 Å². The van der Waals surface area contributed by atoms with E-state index in [2.05, 4.69) is 20.3 Å². The second-order valence-corrected chi connectivity index (χ2v) is 7.54. The fraction of sp³-hybridized carbons (Fsp3) is 0.647. The van der Waals surface area contributed by atoms with Crippen LogP contribution in [0.2, 0.25) is 0 Å². The number of nitrogens with one attached hydrogen (secondary N) is 1. The van der Waals surface area contributed by atoms with Gasteiger partial charge in [0.2, 0.25) is 5.95 Å². The first-order valence-electron chi connectivity index (χ1n) is 9.92. The SMILES string of the molecule is NCCNc1nc(N)c2ncn([C@@H]3O[C@H](C[C@@H](N)CC[C@H](N)C(=O)O)[C@H](O)[C@H]3O)c2n1. The van der Waals surface area contributed by atoms with Crippen molar-refractivity contribution in [2.24, 2.45) is 17.2 Å². The number of hydrogen-bond donors (Lipinski definition) is 8. The van der Waals surface area contributed by atoms with Gasteiger partial charge in [0.1, 0.15) is 23.8 Å². The summed E-state index contributed by atoms with van der Waals surface area (Å²) in [6, 6.07) is -1.48. The van der Waals surface area contributed by atoms with E-state index in [0.717, 1.165) is 0 Å². The number of nitrogens with zero attached hydrogens (tertiary/aromatic N) is 4. The number of aliphatic carboxylic acids is 1. The first-order valence-corrected chi connectivity index (χ1v) is 9.92. The third-order valence-corrected chi connectivity index (χ3v) is 5.19. The van der Waals surface area contributed by atoms with Gasteiger partial charge in [0.05, 0.1) is 12.4 Å². The third-order valence-electron chi connectivity index (χ3n) is 5.19. The molecule has 0 aromatic carbocycles. The molecule has 3 rings (SSSR count). The Morgan fingerprint density at radius 1 is 1.26 bits per heavy atom. The van der Waals surface area contributed by atoms with Crippen molar-refractivity contribution in [1.82, 2.24) is 19.5 Å². The predicted molar refractivity (Wildman–Crippen MR) is 111 cm³/mol. The molecule has 31 heavy (non-hydrogen) atoms. The molecule has 0 unspecified atom stereocenters. The quantitative estimate of drug-likeness (QED) is 0.188. The zero-order valence-electron chi connectivity index (χ0n) is 16.8. The minimum atomic E-state index is -1.27. The molecule has 1 saturated heterocycles. The maximum absolute atomic E-state index is 10.8. The molecule has 0 saturated carbocycles. The number of carbonyl (C=O) groups is 1. The Kier molecular flexibility index (Phi) is 7.19. The van der Waals surface area contributed by atoms with Crippen LogP contribution in [0.4, 0.5) is 11.8 Å². The summed E-state index contributed by atoms with van der Waals surface area (Å²) in [6.45, 7) is 0.808. The molecule has 0 aliphatic carbocycles. The molecule has 0 bridgehead atoms. The van der Waals surface area contributed by atoms with Gasteiger partial charge >= 0.3 is 5.97 Å². The highest BCUT2D eigenvalue weighted by molar-refractivity contribution is 5.83. The number of aliphatic hydroxyl groups is 2. The maximum Gasteiger partial charge on any atom is 0.320 e. The summed E-state index contributed by atoms with van der Waals surface area (Å²) in [4.78, 5) is 23.5. The molecule has 14 heteroatoms. The number of ether oxygens (including phenoxy) is 1. The summed E-state index contributed by atoms with van der Waals surface area (Å²) < 4.78 is 7.35. The highest BCUT2D eigenvalue weighted by Gasteiger charge is 2.44. The molecular weight excluding hydrogens is 410 g/mol. The summed E-state index contributed by atoms with van der Waals surface area (Å²) >= 11 is 0. The lowest BCUT2D eigenvalue weighted by molar-refractivity contribution is -0.138. The zero-order valence-corrected chi connectivity index (χ0v) is 16.8. The van der Waals surface area contributed by atoms with Crippen molar-refractivity contribution < 1.29 is 24.9 Å². The average molecular weight is 439 g/mol. The van der Waals surface area contributed by atoms with E-state index in [1.165, 1.54) is 10.9 Å². The van der Waals surface area contributed by atoms with Crippen LogP contribution in [0.3, 0.4) is 0 Å². The van der Waals surface area contributed by atoms with E-state index >= 15 is 0 Å². The van der Waals surface area contributed by atoms with Crippen LogP contribution in [-0.4, -0.2) is 84.3 Å². The maximum atomic E-state index is 10.8. The Morgan fingerprint density at radius 3 is 2.68 bits per heavy atom. The molecule has 6 atom stereocenters. The minimum absolute atomic E-state index is 0.143. The predicted octanol–water partition coefficient (Wildman–Crippen LogP) is -2.69. The van der Waals surface area contributed by atoms with E-state index in [0.29, 0.717) is 30.7 Å². The highest BCUT2D eigenvalue weighted by Crippen LogP contribution is 2.34. The number of carboxylic acids is 1. The van der Waals surface area contributed by atoms with Gasteiger partial charge in [-0.2, -0.15) is 9.97 Å². The first-order chi connectivity index (χ1) is 14.7. The normalized spacial score (nSPS) is 25.6. The van der Waals surface area contributed by atoms with Crippen molar-refractivity contribution in [1.29, 1.82) is 0 Å². The van der Waals surface area contributed by atoms with Crippen LogP contribution in [0.25, 0.3) is 11.2 Å². The topological polar surface area (TPSA) is 247 Å². The molecule has 3 heterocycles. The van der Waals surface area contributed by atoms with E-state index in [9.17, 15) is 15.0 Å². The summed E-state index contributed by atoms with van der Waals surface area (Å²) in [6.07, 6.45) is -2.12. The number of imidazole rings is 1. The third kappa shape index (κ3) is 5.00. The lowest BCUT2D eigenvalue weighted by Crippen LogP contribution is -2.37. The number of hydrogen-bond acceptors (Lipinski definition) is 12. The number of aromatic nitrogens is 4. The van der Waals surface area contributed by atoms with Gasteiger partial charge in [-0.05, 0) is 19.3 Å². The molecule has 1 aliphatic heterocycles. The lowest BCUT2D eigenvalue weighted by atomic mass is 9.98. The van der Waals surface area contributed by atoms with Crippen LogP contribution < -0.4 is 28.3 Å². The molecule has 2 aromatic rings. The van der Waals surface area contributed by atoms with Crippen molar-refractivity contribution in [3.8, 4) is 0 Å². The molecular formula is C17H29N9O5. The van der Waals surface area contributed by atoms with Crippen molar-refractivity contribution in [2.75, 3.05) is 24.1 Å². The van der Waals surface area contributed by atoms with Crippen LogP contribution in [0.15, 0.2) is 6.33 Å². The van der Waals surface area contributed by atoms with E-state index in [1.807, 2.05) is 0 Å². The molecule has 0 amide bonds. The number of nitrogens with two attached hydrogens (primary N) is 4. The van der Waals surface area contributed by atoms with Gasteiger partial charge in [-0.3, -0.25) is 9.36 Å². The number of anilines is 2. The largest absolute Gasteiger partial charge is 0.480 e. The Morgan fingerprint density at radius 2 is 2.00 bits per heavy atom. The van der Waals surface area contributed by atoms with Crippen LogP contribution in [-0.2, 0) is 9.53 Å². The van der Waals surface area contributed by atoms with Crippen LogP contribution in [0, 0.1) is 0 Å². The van der Waals surface area contributed by atoms with Gasteiger partial charge in [-0.15, -0.1) is 0 Å². The molecule has 1 aliphatic rings. The zero-order chi connectivity index (χ0) is 22.7. The molecule has 0 spiro atoms. The van der Waals surface area contributed by atoms with Gasteiger partial charge < -0.3 is 48.3 Å². The number of rotatable bonds is 10. The Hall–Kier alpha value is -2.62. The summed E-state index contributed by atoms with van der Waals surface area (Å²) in [5, 5.41) is 32.8. The molecule has 2 aromatic heterocycles. The number of carboxylic acid groups (broad SMARTS) is 1. The average Bonchev–Trinajstić information content (AvgIpc) is 3.27. The van der Waals surface area contributed by atoms with Gasteiger partial charge in [-0.25, -0.2) is 4.98 Å². The Balaban J connectivity index is 1.74. The molecule has 1 fully saturated rings. The molecule has 0 radical (unpaired) electrons. The standard InChI is InChI=1S/C17H29N9O5/c18-3-4-22-17-24-13(21)10-14(25-17)26(6-23-10)15-12(28)11(27)9(31-15)5-7(19)1-2-8(20)16(29)30/h6-9,11-12,15,27-28H,1-5,18-20H2,(H,29,30)(H3,21,22,24,25)/t7-,8-,9+,11-,12+,15+/m0/s1. The molecule has 12 N–H and O–H groups in total. The van der Waals surface area contributed by atoms with E-state index in [-0.39, 0.29) is 24.6 Å². The lowest BCUT2D eigenvalue weighted by Gasteiger charge is -2.20. The van der Waals surface area contributed by atoms with Crippen LogP contribution in [0.5, 0.6) is 0 Å². The van der Waals surface area contributed by atoms with Crippen molar-refractivity contribution >= 4 is 28.9 Å². The number of nitrogen functional groups attached to an aromatic ring is 1. The van der Waals surface area contributed by atoms with Crippen molar-refractivity contribution in [3.63, 3.8) is 0 Å². The van der Waals surface area contributed by atoms with Crippen LogP contribution >= 0.6 is 0 Å². The van der Waals surface area contributed by atoms with Gasteiger partial charge in [0.25, 0.3) is 0 Å².